The second-order valence-corrected chi connectivity index (χ2v) is 8.14. The van der Waals surface area contributed by atoms with Crippen LogP contribution in [0.2, 0.25) is 0 Å². The Balaban J connectivity index is 1.74. The second kappa shape index (κ2) is 10.2. The van der Waals surface area contributed by atoms with Gasteiger partial charge in [0.05, 0.1) is 30.1 Å². The summed E-state index contributed by atoms with van der Waals surface area (Å²) in [5.41, 5.74) is 12.7. The Hall–Kier alpha value is -4.60. The molecule has 1 heterocycles. The van der Waals surface area contributed by atoms with Crippen molar-refractivity contribution in [3.05, 3.63) is 89.6 Å². The number of rotatable bonds is 7. The zero-order valence-corrected chi connectivity index (χ0v) is 19.9. The van der Waals surface area contributed by atoms with Crippen molar-refractivity contribution in [3.63, 3.8) is 0 Å². The third kappa shape index (κ3) is 5.48. The average molecular weight is 509 g/mol. The number of nitrogens with zero attached hydrogens (tertiary/aromatic N) is 2. The van der Waals surface area contributed by atoms with Gasteiger partial charge in [0.15, 0.2) is 0 Å². The van der Waals surface area contributed by atoms with Gasteiger partial charge in [0.2, 0.25) is 0 Å². The highest BCUT2D eigenvalue weighted by Gasteiger charge is 2.34. The molecule has 0 bridgehead atoms. The van der Waals surface area contributed by atoms with Crippen LogP contribution < -0.4 is 20.9 Å². The van der Waals surface area contributed by atoms with E-state index in [9.17, 15) is 18.0 Å². The molecular weight excluding hydrogens is 485 g/mol. The van der Waals surface area contributed by atoms with Gasteiger partial charge in [0.1, 0.15) is 29.1 Å². The molecule has 10 heteroatoms. The fraction of sp³-hybridized carbons (Fsp3) is 0.148. The topological polar surface area (TPSA) is 113 Å². The fourth-order valence-electron chi connectivity index (χ4n) is 3.85. The molecule has 1 amide bonds. The van der Waals surface area contributed by atoms with E-state index in [0.717, 1.165) is 11.6 Å². The summed E-state index contributed by atoms with van der Waals surface area (Å²) in [5.74, 6) is -0.0163. The molecule has 4 rings (SSSR count). The van der Waals surface area contributed by atoms with E-state index in [4.69, 9.17) is 20.9 Å². The molecule has 190 valence electrons. The van der Waals surface area contributed by atoms with E-state index in [0.29, 0.717) is 22.7 Å². The van der Waals surface area contributed by atoms with Gasteiger partial charge in [0.25, 0.3) is 5.91 Å². The molecule has 37 heavy (non-hydrogen) atoms. The Morgan fingerprint density at radius 1 is 1.00 bits per heavy atom. The van der Waals surface area contributed by atoms with Crippen LogP contribution >= 0.6 is 0 Å². The van der Waals surface area contributed by atoms with Crippen LogP contribution in [-0.2, 0) is 6.18 Å². The first-order chi connectivity index (χ1) is 17.6. The lowest BCUT2D eigenvalue weighted by Crippen LogP contribution is -2.17. The smallest absolute Gasteiger partial charge is 0.416 e. The Morgan fingerprint density at radius 3 is 2.32 bits per heavy atom. The molecule has 0 fully saturated rings. The molecule has 7 nitrogen and oxygen atoms in total. The lowest BCUT2D eigenvalue weighted by Gasteiger charge is -2.21. The maximum atomic E-state index is 13.5. The van der Waals surface area contributed by atoms with Gasteiger partial charge < -0.3 is 20.9 Å². The number of amides is 1. The van der Waals surface area contributed by atoms with Crippen LogP contribution in [0.1, 0.15) is 34.5 Å². The van der Waals surface area contributed by atoms with Crippen LogP contribution in [0.3, 0.4) is 0 Å². The minimum atomic E-state index is -4.57. The highest BCUT2D eigenvalue weighted by Crippen LogP contribution is 2.37. The van der Waals surface area contributed by atoms with Gasteiger partial charge in [-0.1, -0.05) is 24.3 Å². The molecule has 4 aromatic rings. The molecule has 0 saturated heterocycles. The Kier molecular flexibility index (Phi) is 7.01. The van der Waals surface area contributed by atoms with Crippen LogP contribution in [0, 0.1) is 0 Å². The highest BCUT2D eigenvalue weighted by atomic mass is 19.4. The minimum absolute atomic E-state index is 0.00192. The summed E-state index contributed by atoms with van der Waals surface area (Å²) in [5, 5.41) is 0. The summed E-state index contributed by atoms with van der Waals surface area (Å²) >= 11 is 0. The van der Waals surface area contributed by atoms with Crippen molar-refractivity contribution in [2.24, 2.45) is 5.73 Å². The lowest BCUT2D eigenvalue weighted by molar-refractivity contribution is -0.139. The van der Waals surface area contributed by atoms with Crippen molar-refractivity contribution in [1.82, 2.24) is 9.97 Å². The summed E-state index contributed by atoms with van der Waals surface area (Å²) < 4.78 is 51.7. The Labute approximate surface area is 210 Å². The summed E-state index contributed by atoms with van der Waals surface area (Å²) in [6.07, 6.45) is -4.11. The summed E-state index contributed by atoms with van der Waals surface area (Å²) in [6.45, 7) is 1.46. The average Bonchev–Trinajstić information content (AvgIpc) is 2.88. The predicted molar refractivity (Wildman–Crippen MR) is 133 cm³/mol. The number of hydrogen-bond donors (Lipinski definition) is 2. The number of anilines is 1. The highest BCUT2D eigenvalue weighted by molar-refractivity contribution is 5.96. The van der Waals surface area contributed by atoms with Crippen LogP contribution in [0.15, 0.2) is 72.9 Å². The maximum absolute atomic E-state index is 13.5. The summed E-state index contributed by atoms with van der Waals surface area (Å²) in [6, 6.07) is 16.7. The largest absolute Gasteiger partial charge is 0.497 e. The molecule has 0 radical (unpaired) electrons. The molecule has 0 spiro atoms. The second-order valence-electron chi connectivity index (χ2n) is 8.14. The number of benzene rings is 3. The van der Waals surface area contributed by atoms with E-state index in [2.05, 4.69) is 9.97 Å². The zero-order chi connectivity index (χ0) is 26.7. The number of methoxy groups -OCH3 is 1. The minimum Gasteiger partial charge on any atom is -0.497 e. The third-order valence-corrected chi connectivity index (χ3v) is 5.71. The number of halogens is 3. The van der Waals surface area contributed by atoms with Gasteiger partial charge in [-0.05, 0) is 49.4 Å². The molecule has 1 atom stereocenters. The molecule has 4 N–H and O–H groups in total. The standard InChI is InChI=1S/C27H23F3N4O3/c1-15(19-5-3-4-6-21(19)27(28,29)30)37-23-13-17(9-12-20(23)26(32)35)24-25(31)33-14-22(34-24)16-7-10-18(36-2)11-8-16/h3-15H,1-2H3,(H2,31,33)(H2,32,35). The number of aromatic nitrogens is 2. The van der Waals surface area contributed by atoms with Crippen molar-refractivity contribution in [2.45, 2.75) is 19.2 Å². The summed E-state index contributed by atoms with van der Waals surface area (Å²) in [7, 11) is 1.56. The monoisotopic (exact) mass is 508 g/mol. The quantitative estimate of drug-likeness (QED) is 0.333. The molecule has 1 unspecified atom stereocenters. The number of carbonyl (C=O) groups excluding carboxylic acids is 1. The first-order valence-corrected chi connectivity index (χ1v) is 11.1. The first-order valence-electron chi connectivity index (χ1n) is 11.1. The molecule has 0 aliphatic carbocycles. The van der Waals surface area contributed by atoms with Crippen molar-refractivity contribution in [2.75, 3.05) is 12.8 Å². The van der Waals surface area contributed by atoms with Crippen molar-refractivity contribution in [1.29, 1.82) is 0 Å². The van der Waals surface area contributed by atoms with Gasteiger partial charge >= 0.3 is 6.18 Å². The van der Waals surface area contributed by atoms with Crippen molar-refractivity contribution < 1.29 is 27.4 Å². The number of nitrogens with two attached hydrogens (primary N) is 2. The maximum Gasteiger partial charge on any atom is 0.416 e. The summed E-state index contributed by atoms with van der Waals surface area (Å²) in [4.78, 5) is 20.9. The number of carbonyl (C=O) groups is 1. The lowest BCUT2D eigenvalue weighted by atomic mass is 10.0. The van der Waals surface area contributed by atoms with Crippen LogP contribution in [0.5, 0.6) is 11.5 Å². The molecule has 3 aromatic carbocycles. The fourth-order valence-corrected chi connectivity index (χ4v) is 3.85. The van der Waals surface area contributed by atoms with Gasteiger partial charge in [-0.3, -0.25) is 4.79 Å². The van der Waals surface area contributed by atoms with E-state index in [-0.39, 0.29) is 22.7 Å². The number of alkyl halides is 3. The zero-order valence-electron chi connectivity index (χ0n) is 19.9. The van der Waals surface area contributed by atoms with Crippen LogP contribution in [0.25, 0.3) is 22.5 Å². The van der Waals surface area contributed by atoms with Gasteiger partial charge in [-0.2, -0.15) is 13.2 Å². The molecule has 0 aliphatic heterocycles. The van der Waals surface area contributed by atoms with E-state index < -0.39 is 23.8 Å². The van der Waals surface area contributed by atoms with E-state index >= 15 is 0 Å². The molecule has 0 saturated carbocycles. The predicted octanol–water partition coefficient (Wildman–Crippen LogP) is 5.66. The van der Waals surface area contributed by atoms with E-state index in [1.807, 2.05) is 12.1 Å². The SMILES string of the molecule is COc1ccc(-c2cnc(N)c(-c3ccc(C(N)=O)c(OC(C)c4ccccc4C(F)(F)F)c3)n2)cc1. The van der Waals surface area contributed by atoms with Gasteiger partial charge in [0, 0.05) is 16.7 Å². The number of nitrogen functional groups attached to an aromatic ring is 1. The Bertz CT molecular complexity index is 1440. The molecular formula is C27H23F3N4O3. The number of ether oxygens (including phenoxy) is 2. The van der Waals surface area contributed by atoms with E-state index in [1.165, 1.54) is 43.5 Å². The number of hydrogen-bond acceptors (Lipinski definition) is 6. The van der Waals surface area contributed by atoms with Crippen LogP contribution in [-0.4, -0.2) is 23.0 Å². The van der Waals surface area contributed by atoms with Crippen LogP contribution in [0.4, 0.5) is 19.0 Å². The third-order valence-electron chi connectivity index (χ3n) is 5.71. The van der Waals surface area contributed by atoms with E-state index in [1.54, 1.807) is 25.3 Å². The van der Waals surface area contributed by atoms with Gasteiger partial charge in [-0.25, -0.2) is 9.97 Å². The first kappa shape index (κ1) is 25.5. The molecule has 0 aliphatic rings. The normalized spacial score (nSPS) is 12.1. The number of primary amides is 1. The van der Waals surface area contributed by atoms with Gasteiger partial charge in [-0.15, -0.1) is 0 Å². The van der Waals surface area contributed by atoms with Crippen molar-refractivity contribution in [3.8, 4) is 34.0 Å². The molecule has 1 aromatic heterocycles. The Morgan fingerprint density at radius 2 is 1.68 bits per heavy atom. The van der Waals surface area contributed by atoms with Crippen molar-refractivity contribution >= 4 is 11.7 Å².